The molecule has 2 aromatic heterocycles. The summed E-state index contributed by atoms with van der Waals surface area (Å²) in [6, 6.07) is 0. The largest absolute Gasteiger partial charge is 0.307 e. The molecule has 0 aromatic carbocycles. The zero-order valence-corrected chi connectivity index (χ0v) is 13.3. The number of nitrogens with one attached hydrogen (secondary N) is 1. The highest BCUT2D eigenvalue weighted by Gasteiger charge is 2.13. The molecule has 6 heteroatoms. The second-order valence-corrected chi connectivity index (χ2v) is 5.29. The molecule has 2 heterocycles. The number of aromatic nitrogens is 4. The molecule has 0 saturated carbocycles. The van der Waals surface area contributed by atoms with Gasteiger partial charge in [-0.1, -0.05) is 25.4 Å². The zero-order chi connectivity index (χ0) is 14.7. The van der Waals surface area contributed by atoms with Crippen LogP contribution in [-0.2, 0) is 40.0 Å². The van der Waals surface area contributed by atoms with Crippen LogP contribution in [0.15, 0.2) is 6.20 Å². The molecule has 0 bridgehead atoms. The van der Waals surface area contributed by atoms with E-state index in [4.69, 9.17) is 11.6 Å². The van der Waals surface area contributed by atoms with E-state index >= 15 is 0 Å². The van der Waals surface area contributed by atoms with Crippen molar-refractivity contribution in [2.75, 3.05) is 0 Å². The van der Waals surface area contributed by atoms with Crippen LogP contribution in [0.25, 0.3) is 0 Å². The van der Waals surface area contributed by atoms with Crippen LogP contribution >= 0.6 is 11.6 Å². The van der Waals surface area contributed by atoms with Gasteiger partial charge in [0.25, 0.3) is 0 Å². The summed E-state index contributed by atoms with van der Waals surface area (Å²) in [4.78, 5) is 0. The van der Waals surface area contributed by atoms with Gasteiger partial charge >= 0.3 is 0 Å². The lowest BCUT2D eigenvalue weighted by atomic mass is 10.2. The minimum atomic E-state index is 0.709. The van der Waals surface area contributed by atoms with Gasteiger partial charge in [-0.3, -0.25) is 9.36 Å². The SMILES string of the molecule is CCc1nn(C)cc1CNCc1c(Cl)c(CC)nn1C. The van der Waals surface area contributed by atoms with E-state index in [0.717, 1.165) is 41.5 Å². The smallest absolute Gasteiger partial charge is 0.0863 e. The van der Waals surface area contributed by atoms with E-state index in [-0.39, 0.29) is 0 Å². The number of rotatable bonds is 6. The molecule has 1 N–H and O–H groups in total. The molecule has 5 nitrogen and oxygen atoms in total. The Balaban J connectivity index is 2.01. The predicted octanol–water partition coefficient (Wildman–Crippen LogP) is 2.22. The van der Waals surface area contributed by atoms with E-state index in [2.05, 4.69) is 35.6 Å². The fraction of sp³-hybridized carbons (Fsp3) is 0.571. The van der Waals surface area contributed by atoms with Gasteiger partial charge < -0.3 is 5.32 Å². The van der Waals surface area contributed by atoms with Crippen molar-refractivity contribution in [2.24, 2.45) is 14.1 Å². The van der Waals surface area contributed by atoms with Crippen LogP contribution in [-0.4, -0.2) is 19.6 Å². The van der Waals surface area contributed by atoms with Gasteiger partial charge in [-0.05, 0) is 12.8 Å². The first-order valence-corrected chi connectivity index (χ1v) is 7.36. The summed E-state index contributed by atoms with van der Waals surface area (Å²) in [5.41, 5.74) is 4.38. The molecule has 0 spiro atoms. The summed E-state index contributed by atoms with van der Waals surface area (Å²) in [6.07, 6.45) is 3.87. The Bertz CT molecular complexity index is 585. The molecule has 2 aromatic rings. The van der Waals surface area contributed by atoms with Crippen LogP contribution in [0, 0.1) is 0 Å². The summed E-state index contributed by atoms with van der Waals surface area (Å²) < 4.78 is 3.72. The molecule has 0 radical (unpaired) electrons. The molecule has 2 rings (SSSR count). The first-order chi connectivity index (χ1) is 9.56. The predicted molar refractivity (Wildman–Crippen MR) is 80.7 cm³/mol. The maximum atomic E-state index is 6.33. The minimum Gasteiger partial charge on any atom is -0.307 e. The quantitative estimate of drug-likeness (QED) is 0.889. The first-order valence-electron chi connectivity index (χ1n) is 6.99. The fourth-order valence-electron chi connectivity index (χ4n) is 2.36. The molecular formula is C14H22ClN5. The van der Waals surface area contributed by atoms with E-state index in [9.17, 15) is 0 Å². The summed E-state index contributed by atoms with van der Waals surface area (Å²) in [5, 5.41) is 13.1. The van der Waals surface area contributed by atoms with Crippen molar-refractivity contribution in [3.63, 3.8) is 0 Å². The molecule has 0 unspecified atom stereocenters. The van der Waals surface area contributed by atoms with Gasteiger partial charge in [-0.15, -0.1) is 0 Å². The molecule has 0 fully saturated rings. The van der Waals surface area contributed by atoms with Gasteiger partial charge in [0.1, 0.15) is 0 Å². The first kappa shape index (κ1) is 15.1. The molecule has 0 aliphatic rings. The number of hydrogen-bond donors (Lipinski definition) is 1. The van der Waals surface area contributed by atoms with Crippen molar-refractivity contribution >= 4 is 11.6 Å². The third-order valence-electron chi connectivity index (χ3n) is 3.44. The van der Waals surface area contributed by atoms with Gasteiger partial charge in [0.2, 0.25) is 0 Å². The Kier molecular flexibility index (Phi) is 4.83. The van der Waals surface area contributed by atoms with E-state index in [1.54, 1.807) is 0 Å². The van der Waals surface area contributed by atoms with Gasteiger partial charge in [0.05, 0.1) is 22.1 Å². The number of hydrogen-bond acceptors (Lipinski definition) is 3. The van der Waals surface area contributed by atoms with Crippen LogP contribution in [0.2, 0.25) is 5.02 Å². The standard InChI is InChI=1S/C14H22ClN5/c1-5-11-10(9-19(3)17-11)7-16-8-13-14(15)12(6-2)18-20(13)4/h9,16H,5-8H2,1-4H3. The van der Waals surface area contributed by atoms with Crippen molar-refractivity contribution in [2.45, 2.75) is 39.8 Å². The highest BCUT2D eigenvalue weighted by Crippen LogP contribution is 2.20. The Morgan fingerprint density at radius 1 is 1.10 bits per heavy atom. The zero-order valence-electron chi connectivity index (χ0n) is 12.6. The van der Waals surface area contributed by atoms with Gasteiger partial charge in [0, 0.05) is 38.9 Å². The second kappa shape index (κ2) is 6.41. The monoisotopic (exact) mass is 295 g/mol. The lowest BCUT2D eigenvalue weighted by Crippen LogP contribution is -2.16. The minimum absolute atomic E-state index is 0.709. The van der Waals surface area contributed by atoms with Gasteiger partial charge in [-0.25, -0.2) is 0 Å². The Hall–Kier alpha value is -1.33. The normalized spacial score (nSPS) is 11.2. The number of aryl methyl sites for hydroxylation is 4. The van der Waals surface area contributed by atoms with Crippen molar-refractivity contribution in [1.82, 2.24) is 24.9 Å². The van der Waals surface area contributed by atoms with Crippen molar-refractivity contribution < 1.29 is 0 Å². The maximum absolute atomic E-state index is 6.33. The maximum Gasteiger partial charge on any atom is 0.0863 e. The fourth-order valence-corrected chi connectivity index (χ4v) is 2.72. The van der Waals surface area contributed by atoms with Crippen LogP contribution in [0.1, 0.15) is 36.5 Å². The average molecular weight is 296 g/mol. The van der Waals surface area contributed by atoms with E-state index in [0.29, 0.717) is 6.54 Å². The Labute approximate surface area is 124 Å². The molecule has 0 aliphatic carbocycles. The lowest BCUT2D eigenvalue weighted by molar-refractivity contribution is 0.621. The Morgan fingerprint density at radius 3 is 2.40 bits per heavy atom. The summed E-state index contributed by atoms with van der Waals surface area (Å²) in [5.74, 6) is 0. The third kappa shape index (κ3) is 3.04. The molecule has 0 atom stereocenters. The number of nitrogens with zero attached hydrogens (tertiary/aromatic N) is 4. The number of halogens is 1. The topological polar surface area (TPSA) is 47.7 Å². The van der Waals surface area contributed by atoms with Crippen molar-refractivity contribution in [3.05, 3.63) is 33.9 Å². The Morgan fingerprint density at radius 2 is 1.80 bits per heavy atom. The van der Waals surface area contributed by atoms with E-state index in [1.165, 1.54) is 5.56 Å². The summed E-state index contributed by atoms with van der Waals surface area (Å²) >= 11 is 6.33. The van der Waals surface area contributed by atoms with E-state index in [1.807, 2.05) is 23.5 Å². The van der Waals surface area contributed by atoms with Gasteiger partial charge in [-0.2, -0.15) is 10.2 Å². The van der Waals surface area contributed by atoms with Crippen molar-refractivity contribution in [1.29, 1.82) is 0 Å². The molecule has 20 heavy (non-hydrogen) atoms. The molecule has 0 aliphatic heterocycles. The van der Waals surface area contributed by atoms with Crippen LogP contribution < -0.4 is 5.32 Å². The van der Waals surface area contributed by atoms with Crippen LogP contribution in [0.3, 0.4) is 0 Å². The summed E-state index contributed by atoms with van der Waals surface area (Å²) in [7, 11) is 3.89. The molecular weight excluding hydrogens is 274 g/mol. The second-order valence-electron chi connectivity index (χ2n) is 4.92. The highest BCUT2D eigenvalue weighted by molar-refractivity contribution is 6.31. The average Bonchev–Trinajstić information content (AvgIpc) is 2.92. The van der Waals surface area contributed by atoms with Gasteiger partial charge in [0.15, 0.2) is 0 Å². The highest BCUT2D eigenvalue weighted by atomic mass is 35.5. The summed E-state index contributed by atoms with van der Waals surface area (Å²) in [6.45, 7) is 5.69. The third-order valence-corrected chi connectivity index (χ3v) is 3.87. The molecule has 0 saturated heterocycles. The molecule has 110 valence electrons. The van der Waals surface area contributed by atoms with Crippen LogP contribution in [0.5, 0.6) is 0 Å². The van der Waals surface area contributed by atoms with E-state index < -0.39 is 0 Å². The van der Waals surface area contributed by atoms with Crippen LogP contribution in [0.4, 0.5) is 0 Å². The van der Waals surface area contributed by atoms with Crippen molar-refractivity contribution in [3.8, 4) is 0 Å². The lowest BCUT2D eigenvalue weighted by Gasteiger charge is -2.05. The molecule has 0 amide bonds.